The maximum atomic E-state index is 12.3. The summed E-state index contributed by atoms with van der Waals surface area (Å²) in [5, 5.41) is 6.40. The summed E-state index contributed by atoms with van der Waals surface area (Å²) in [6.45, 7) is 9.84. The number of guanidine groups is 1. The Labute approximate surface area is 168 Å². The van der Waals surface area contributed by atoms with Gasteiger partial charge in [-0.1, -0.05) is 12.1 Å². The van der Waals surface area contributed by atoms with Crippen LogP contribution in [0.15, 0.2) is 29.3 Å². The second-order valence-corrected chi connectivity index (χ2v) is 7.32. The fourth-order valence-corrected chi connectivity index (χ4v) is 3.58. The summed E-state index contributed by atoms with van der Waals surface area (Å²) in [7, 11) is 0. The van der Waals surface area contributed by atoms with Gasteiger partial charge in [-0.25, -0.2) is 4.99 Å². The highest BCUT2D eigenvalue weighted by atomic mass is 16.5. The van der Waals surface area contributed by atoms with E-state index in [2.05, 4.69) is 33.4 Å². The lowest BCUT2D eigenvalue weighted by atomic mass is 10.2. The van der Waals surface area contributed by atoms with Crippen molar-refractivity contribution in [3.8, 4) is 0 Å². The van der Waals surface area contributed by atoms with Crippen molar-refractivity contribution in [1.29, 1.82) is 0 Å². The molecule has 0 radical (unpaired) electrons. The zero-order valence-corrected chi connectivity index (χ0v) is 17.0. The van der Waals surface area contributed by atoms with Crippen molar-refractivity contribution in [2.75, 3.05) is 57.8 Å². The number of carbonyl (C=O) groups is 1. The molecule has 2 saturated heterocycles. The van der Waals surface area contributed by atoms with E-state index in [-0.39, 0.29) is 5.91 Å². The van der Waals surface area contributed by atoms with Crippen molar-refractivity contribution in [3.63, 3.8) is 0 Å². The lowest BCUT2D eigenvalue weighted by molar-refractivity contribution is -0.116. The first-order valence-corrected chi connectivity index (χ1v) is 10.5. The number of ether oxygens (including phenoxy) is 1. The van der Waals surface area contributed by atoms with Gasteiger partial charge in [-0.05, 0) is 37.5 Å². The van der Waals surface area contributed by atoms with Crippen LogP contribution in [0.3, 0.4) is 0 Å². The van der Waals surface area contributed by atoms with Crippen LogP contribution < -0.4 is 10.6 Å². The summed E-state index contributed by atoms with van der Waals surface area (Å²) < 4.78 is 5.34. The van der Waals surface area contributed by atoms with Crippen LogP contribution in [-0.2, 0) is 16.1 Å². The monoisotopic (exact) mass is 387 g/mol. The van der Waals surface area contributed by atoms with Crippen molar-refractivity contribution in [2.45, 2.75) is 32.7 Å². The molecule has 0 unspecified atom stereocenters. The van der Waals surface area contributed by atoms with Gasteiger partial charge in [0.05, 0.1) is 19.8 Å². The molecule has 0 atom stereocenters. The highest BCUT2D eigenvalue weighted by Crippen LogP contribution is 2.13. The molecule has 2 N–H and O–H groups in total. The van der Waals surface area contributed by atoms with E-state index in [9.17, 15) is 4.79 Å². The molecule has 0 spiro atoms. The van der Waals surface area contributed by atoms with Gasteiger partial charge >= 0.3 is 0 Å². The predicted octanol–water partition coefficient (Wildman–Crippen LogP) is 1.91. The Morgan fingerprint density at radius 1 is 1.18 bits per heavy atom. The van der Waals surface area contributed by atoms with Gasteiger partial charge in [-0.15, -0.1) is 0 Å². The normalized spacial score (nSPS) is 18.3. The summed E-state index contributed by atoms with van der Waals surface area (Å²) in [5.74, 6) is 1.04. The summed E-state index contributed by atoms with van der Waals surface area (Å²) in [6, 6.07) is 7.99. The Hall–Kier alpha value is -2.12. The lowest BCUT2D eigenvalue weighted by Gasteiger charge is -2.26. The van der Waals surface area contributed by atoms with E-state index in [1.165, 1.54) is 12.8 Å². The van der Waals surface area contributed by atoms with Crippen LogP contribution in [0.4, 0.5) is 5.69 Å². The third-order valence-electron chi connectivity index (χ3n) is 5.12. The van der Waals surface area contributed by atoms with Crippen LogP contribution in [-0.4, -0.2) is 74.1 Å². The van der Waals surface area contributed by atoms with Gasteiger partial charge in [0, 0.05) is 51.4 Å². The smallest absolute Gasteiger partial charge is 0.225 e. The number of morpholine rings is 1. The van der Waals surface area contributed by atoms with Gasteiger partial charge in [-0.3, -0.25) is 9.69 Å². The van der Waals surface area contributed by atoms with Crippen LogP contribution in [0.25, 0.3) is 0 Å². The number of likely N-dealkylation sites (tertiary alicyclic amines) is 1. The second kappa shape index (κ2) is 11.0. The van der Waals surface area contributed by atoms with Crippen molar-refractivity contribution in [3.05, 3.63) is 29.8 Å². The number of rotatable bonds is 7. The largest absolute Gasteiger partial charge is 0.379 e. The number of benzene rings is 1. The van der Waals surface area contributed by atoms with Gasteiger partial charge in [0.2, 0.25) is 5.91 Å². The fourth-order valence-electron chi connectivity index (χ4n) is 3.58. The van der Waals surface area contributed by atoms with Gasteiger partial charge < -0.3 is 20.3 Å². The molecule has 3 rings (SSSR count). The van der Waals surface area contributed by atoms with E-state index in [1.807, 2.05) is 18.2 Å². The topological polar surface area (TPSA) is 69.2 Å². The Balaban J connectivity index is 1.51. The van der Waals surface area contributed by atoms with Gasteiger partial charge in [0.1, 0.15) is 0 Å². The Kier molecular flexibility index (Phi) is 8.11. The van der Waals surface area contributed by atoms with E-state index in [0.29, 0.717) is 13.0 Å². The Morgan fingerprint density at radius 2 is 1.96 bits per heavy atom. The number of hydrogen-bond acceptors (Lipinski definition) is 4. The molecule has 0 aliphatic carbocycles. The van der Waals surface area contributed by atoms with Crippen LogP contribution in [0, 0.1) is 0 Å². The van der Waals surface area contributed by atoms with Crippen molar-refractivity contribution in [1.82, 2.24) is 15.1 Å². The van der Waals surface area contributed by atoms with Gasteiger partial charge in [-0.2, -0.15) is 0 Å². The molecule has 2 fully saturated rings. The first-order chi connectivity index (χ1) is 13.7. The zero-order valence-electron chi connectivity index (χ0n) is 17.0. The molecule has 7 nitrogen and oxygen atoms in total. The third kappa shape index (κ3) is 6.49. The average molecular weight is 388 g/mol. The SMILES string of the molecule is CCNC(=NCc1cccc(NC(=O)CCN2CCOCC2)c1)N1CCCC1. The van der Waals surface area contributed by atoms with Gasteiger partial charge in [0.15, 0.2) is 5.96 Å². The van der Waals surface area contributed by atoms with Crippen LogP contribution >= 0.6 is 0 Å². The second-order valence-electron chi connectivity index (χ2n) is 7.32. The first kappa shape index (κ1) is 20.6. The minimum absolute atomic E-state index is 0.0533. The third-order valence-corrected chi connectivity index (χ3v) is 5.12. The van der Waals surface area contributed by atoms with Gasteiger partial charge in [0.25, 0.3) is 0 Å². The molecule has 0 bridgehead atoms. The molecule has 2 heterocycles. The average Bonchev–Trinajstić information content (AvgIpc) is 3.25. The quantitative estimate of drug-likeness (QED) is 0.553. The molecule has 154 valence electrons. The van der Waals surface area contributed by atoms with Crippen molar-refractivity contribution >= 4 is 17.6 Å². The Morgan fingerprint density at radius 3 is 2.71 bits per heavy atom. The highest BCUT2D eigenvalue weighted by Gasteiger charge is 2.15. The maximum absolute atomic E-state index is 12.3. The molecule has 7 heteroatoms. The summed E-state index contributed by atoms with van der Waals surface area (Å²) in [5.41, 5.74) is 1.94. The highest BCUT2D eigenvalue weighted by molar-refractivity contribution is 5.90. The minimum Gasteiger partial charge on any atom is -0.379 e. The van der Waals surface area contributed by atoms with Crippen LogP contribution in [0.1, 0.15) is 31.7 Å². The molecule has 2 aliphatic heterocycles. The number of aliphatic imine (C=N–C) groups is 1. The number of carbonyl (C=O) groups excluding carboxylic acids is 1. The van der Waals surface area contributed by atoms with Crippen LogP contribution in [0.2, 0.25) is 0 Å². The maximum Gasteiger partial charge on any atom is 0.225 e. The molecule has 1 aromatic rings. The van der Waals surface area contributed by atoms with E-state index >= 15 is 0 Å². The summed E-state index contributed by atoms with van der Waals surface area (Å²) in [4.78, 5) is 21.7. The standard InChI is InChI=1S/C21H33N5O2/c1-2-22-21(26-9-3-4-10-26)23-17-18-6-5-7-19(16-18)24-20(27)8-11-25-12-14-28-15-13-25/h5-7,16H,2-4,8-15,17H2,1H3,(H,22,23)(H,24,27). The molecular formula is C21H33N5O2. The summed E-state index contributed by atoms with van der Waals surface area (Å²) >= 11 is 0. The number of nitrogens with one attached hydrogen (secondary N) is 2. The number of hydrogen-bond donors (Lipinski definition) is 2. The zero-order chi connectivity index (χ0) is 19.6. The first-order valence-electron chi connectivity index (χ1n) is 10.5. The Bertz CT molecular complexity index is 652. The van der Waals surface area contributed by atoms with E-state index in [4.69, 9.17) is 9.73 Å². The van der Waals surface area contributed by atoms with Crippen molar-refractivity contribution in [2.24, 2.45) is 4.99 Å². The molecule has 2 aliphatic rings. The summed E-state index contributed by atoms with van der Waals surface area (Å²) in [6.07, 6.45) is 2.97. The molecule has 1 aromatic carbocycles. The minimum atomic E-state index is 0.0533. The molecular weight excluding hydrogens is 354 g/mol. The molecule has 28 heavy (non-hydrogen) atoms. The number of nitrogens with zero attached hydrogens (tertiary/aromatic N) is 3. The molecule has 0 aromatic heterocycles. The lowest BCUT2D eigenvalue weighted by Crippen LogP contribution is -2.39. The predicted molar refractivity (Wildman–Crippen MR) is 113 cm³/mol. The van der Waals surface area contributed by atoms with Crippen LogP contribution in [0.5, 0.6) is 0 Å². The van der Waals surface area contributed by atoms with E-state index in [1.54, 1.807) is 0 Å². The number of amides is 1. The van der Waals surface area contributed by atoms with Crippen molar-refractivity contribution < 1.29 is 9.53 Å². The van der Waals surface area contributed by atoms with E-state index < -0.39 is 0 Å². The number of anilines is 1. The van der Waals surface area contributed by atoms with E-state index in [0.717, 1.165) is 69.7 Å². The molecule has 0 saturated carbocycles. The molecule has 1 amide bonds. The fraction of sp³-hybridized carbons (Fsp3) is 0.619.